The van der Waals surface area contributed by atoms with Crippen LogP contribution in [0.4, 0.5) is 0 Å². The Labute approximate surface area is 94.3 Å². The first kappa shape index (κ1) is 12.0. The molecule has 0 aromatic carbocycles. The fraction of sp³-hybridized carbons (Fsp3) is 0.700. The van der Waals surface area contributed by atoms with Gasteiger partial charge in [-0.25, -0.2) is 4.98 Å². The average molecular weight is 230 g/mol. The summed E-state index contributed by atoms with van der Waals surface area (Å²) in [6, 6.07) is 0. The van der Waals surface area contributed by atoms with Crippen molar-refractivity contribution >= 4 is 23.1 Å². The maximum atomic E-state index is 5.47. The Morgan fingerprint density at radius 1 is 1.64 bits per heavy atom. The molecule has 0 fully saturated rings. The summed E-state index contributed by atoms with van der Waals surface area (Å²) >= 11 is 3.73. The van der Waals surface area contributed by atoms with Crippen LogP contribution in [0.3, 0.4) is 0 Å². The van der Waals surface area contributed by atoms with Crippen molar-refractivity contribution in [2.24, 2.45) is 5.73 Å². The zero-order chi connectivity index (χ0) is 10.4. The topological polar surface area (TPSA) is 38.9 Å². The molecule has 0 bridgehead atoms. The minimum atomic E-state index is 0.696. The Hall–Kier alpha value is -0.0600. The summed E-state index contributed by atoms with van der Waals surface area (Å²) < 4.78 is 0. The largest absolute Gasteiger partial charge is 0.330 e. The van der Waals surface area contributed by atoms with Crippen LogP contribution in [0.2, 0.25) is 0 Å². The molecule has 0 radical (unpaired) electrons. The van der Waals surface area contributed by atoms with Crippen LogP contribution in [0.1, 0.15) is 31.0 Å². The smallest absolute Gasteiger partial charge is 0.103 e. The van der Waals surface area contributed by atoms with Gasteiger partial charge >= 0.3 is 0 Å². The van der Waals surface area contributed by atoms with E-state index in [1.165, 1.54) is 11.4 Å². The number of thiazole rings is 1. The van der Waals surface area contributed by atoms with Crippen molar-refractivity contribution in [3.8, 4) is 0 Å². The Bertz CT molecular complexity index is 260. The third-order valence-electron chi connectivity index (χ3n) is 2.07. The SMILES string of the molecule is CCC(C)SCc1nc(CCN)cs1. The van der Waals surface area contributed by atoms with E-state index >= 15 is 0 Å². The molecule has 0 aliphatic heterocycles. The second-order valence-corrected chi connectivity index (χ2v) is 5.67. The van der Waals surface area contributed by atoms with Crippen LogP contribution < -0.4 is 5.73 Å². The van der Waals surface area contributed by atoms with Crippen LogP contribution in [0.5, 0.6) is 0 Å². The van der Waals surface area contributed by atoms with Gasteiger partial charge in [0.25, 0.3) is 0 Å². The third-order valence-corrected chi connectivity index (χ3v) is 4.49. The van der Waals surface area contributed by atoms with Gasteiger partial charge in [-0.2, -0.15) is 11.8 Å². The Morgan fingerprint density at radius 3 is 3.07 bits per heavy atom. The molecule has 0 aliphatic rings. The van der Waals surface area contributed by atoms with Crippen molar-refractivity contribution in [1.29, 1.82) is 0 Å². The van der Waals surface area contributed by atoms with E-state index in [1.807, 2.05) is 11.8 Å². The molecule has 2 N–H and O–H groups in total. The first-order valence-corrected chi connectivity index (χ1v) is 6.94. The molecule has 0 saturated heterocycles. The van der Waals surface area contributed by atoms with E-state index in [-0.39, 0.29) is 0 Å². The Balaban J connectivity index is 2.35. The van der Waals surface area contributed by atoms with Gasteiger partial charge in [0.1, 0.15) is 5.01 Å². The average Bonchev–Trinajstić information content (AvgIpc) is 2.63. The van der Waals surface area contributed by atoms with E-state index in [2.05, 4.69) is 24.2 Å². The minimum Gasteiger partial charge on any atom is -0.330 e. The van der Waals surface area contributed by atoms with Crippen molar-refractivity contribution in [2.75, 3.05) is 6.54 Å². The van der Waals surface area contributed by atoms with Crippen LogP contribution in [-0.2, 0) is 12.2 Å². The van der Waals surface area contributed by atoms with Crippen molar-refractivity contribution in [1.82, 2.24) is 4.98 Å². The van der Waals surface area contributed by atoms with Crippen LogP contribution in [-0.4, -0.2) is 16.8 Å². The maximum absolute atomic E-state index is 5.47. The van der Waals surface area contributed by atoms with E-state index in [0.29, 0.717) is 6.54 Å². The standard InChI is InChI=1S/C10H18N2S2/c1-3-8(2)13-7-10-12-9(4-5-11)6-14-10/h6,8H,3-5,7,11H2,1-2H3. The van der Waals surface area contributed by atoms with Gasteiger partial charge < -0.3 is 5.73 Å². The highest BCUT2D eigenvalue weighted by Crippen LogP contribution is 2.22. The quantitative estimate of drug-likeness (QED) is 0.816. The molecule has 1 rings (SSSR count). The zero-order valence-electron chi connectivity index (χ0n) is 8.82. The van der Waals surface area contributed by atoms with Crippen molar-refractivity contribution in [2.45, 2.75) is 37.7 Å². The monoisotopic (exact) mass is 230 g/mol. The summed E-state index contributed by atoms with van der Waals surface area (Å²) in [5.74, 6) is 1.05. The van der Waals surface area contributed by atoms with E-state index < -0.39 is 0 Å². The molecule has 4 heteroatoms. The fourth-order valence-electron chi connectivity index (χ4n) is 1.01. The Kier molecular flexibility index (Phi) is 5.52. The van der Waals surface area contributed by atoms with Crippen LogP contribution in [0, 0.1) is 0 Å². The highest BCUT2D eigenvalue weighted by Gasteiger charge is 2.04. The number of nitrogens with zero attached hydrogens (tertiary/aromatic N) is 1. The summed E-state index contributed by atoms with van der Waals surface area (Å²) in [7, 11) is 0. The predicted molar refractivity (Wildman–Crippen MR) is 65.9 cm³/mol. The summed E-state index contributed by atoms with van der Waals surface area (Å²) in [5, 5.41) is 4.09. The number of aromatic nitrogens is 1. The van der Waals surface area contributed by atoms with Crippen LogP contribution >= 0.6 is 23.1 Å². The van der Waals surface area contributed by atoms with Crippen molar-refractivity contribution in [3.05, 3.63) is 16.1 Å². The van der Waals surface area contributed by atoms with E-state index in [1.54, 1.807) is 11.3 Å². The van der Waals surface area contributed by atoms with Gasteiger partial charge in [0.15, 0.2) is 0 Å². The van der Waals surface area contributed by atoms with Gasteiger partial charge in [-0.1, -0.05) is 13.8 Å². The highest BCUT2D eigenvalue weighted by atomic mass is 32.2. The molecule has 0 spiro atoms. The lowest BCUT2D eigenvalue weighted by Crippen LogP contribution is -2.02. The lowest BCUT2D eigenvalue weighted by Gasteiger charge is -2.05. The van der Waals surface area contributed by atoms with Gasteiger partial charge in [-0.15, -0.1) is 11.3 Å². The van der Waals surface area contributed by atoms with Crippen molar-refractivity contribution < 1.29 is 0 Å². The highest BCUT2D eigenvalue weighted by molar-refractivity contribution is 7.99. The van der Waals surface area contributed by atoms with Gasteiger partial charge in [0.2, 0.25) is 0 Å². The lowest BCUT2D eigenvalue weighted by atomic mass is 10.3. The third kappa shape index (κ3) is 3.98. The molecular weight excluding hydrogens is 212 g/mol. The maximum Gasteiger partial charge on any atom is 0.103 e. The molecule has 14 heavy (non-hydrogen) atoms. The van der Waals surface area contributed by atoms with E-state index in [4.69, 9.17) is 5.73 Å². The predicted octanol–water partition coefficient (Wildman–Crippen LogP) is 2.68. The van der Waals surface area contributed by atoms with Gasteiger partial charge in [-0.05, 0) is 13.0 Å². The van der Waals surface area contributed by atoms with Crippen molar-refractivity contribution in [3.63, 3.8) is 0 Å². The number of rotatable bonds is 6. The van der Waals surface area contributed by atoms with Crippen LogP contribution in [0.15, 0.2) is 5.38 Å². The fourth-order valence-corrected chi connectivity index (χ4v) is 2.83. The van der Waals surface area contributed by atoms with Gasteiger partial charge in [0.05, 0.1) is 5.69 Å². The molecule has 2 nitrogen and oxygen atoms in total. The molecule has 1 atom stereocenters. The molecular formula is C10H18N2S2. The molecule has 1 aromatic rings. The summed E-state index contributed by atoms with van der Waals surface area (Å²) in [4.78, 5) is 4.52. The molecule has 80 valence electrons. The number of nitrogens with two attached hydrogens (primary N) is 1. The molecule has 1 heterocycles. The number of thioether (sulfide) groups is 1. The normalized spacial score (nSPS) is 13.1. The molecule has 0 aliphatic carbocycles. The molecule has 1 unspecified atom stereocenters. The van der Waals surface area contributed by atoms with Gasteiger partial charge in [0, 0.05) is 22.8 Å². The number of hydrogen-bond acceptors (Lipinski definition) is 4. The van der Waals surface area contributed by atoms with Gasteiger partial charge in [-0.3, -0.25) is 0 Å². The van der Waals surface area contributed by atoms with Crippen LogP contribution in [0.25, 0.3) is 0 Å². The summed E-state index contributed by atoms with van der Waals surface area (Å²) in [6.07, 6.45) is 2.14. The Morgan fingerprint density at radius 2 is 2.43 bits per heavy atom. The summed E-state index contributed by atoms with van der Waals surface area (Å²) in [5.41, 5.74) is 6.62. The second-order valence-electron chi connectivity index (χ2n) is 3.30. The molecule has 0 saturated carbocycles. The molecule has 0 amide bonds. The first-order chi connectivity index (χ1) is 6.76. The van der Waals surface area contributed by atoms with E-state index in [9.17, 15) is 0 Å². The second kappa shape index (κ2) is 6.43. The van der Waals surface area contributed by atoms with E-state index in [0.717, 1.165) is 23.1 Å². The minimum absolute atomic E-state index is 0.696. The first-order valence-electron chi connectivity index (χ1n) is 5.01. The molecule has 1 aromatic heterocycles. The zero-order valence-corrected chi connectivity index (χ0v) is 10.5. The number of hydrogen-bond donors (Lipinski definition) is 1. The lowest BCUT2D eigenvalue weighted by molar-refractivity contribution is 0.902. The summed E-state index contributed by atoms with van der Waals surface area (Å²) in [6.45, 7) is 5.18.